The van der Waals surface area contributed by atoms with E-state index in [2.05, 4.69) is 0 Å². The van der Waals surface area contributed by atoms with E-state index in [0.29, 0.717) is 5.52 Å². The highest BCUT2D eigenvalue weighted by Crippen LogP contribution is 2.38. The van der Waals surface area contributed by atoms with Gasteiger partial charge in [0.2, 0.25) is 5.43 Å². The van der Waals surface area contributed by atoms with Crippen LogP contribution in [0.5, 0.6) is 5.75 Å². The molecule has 1 saturated carbocycles. The van der Waals surface area contributed by atoms with E-state index in [4.69, 9.17) is 14.6 Å². The van der Waals surface area contributed by atoms with Crippen molar-refractivity contribution >= 4 is 16.9 Å². The molecule has 23 heavy (non-hydrogen) atoms. The number of carbonyl (C=O) groups is 1. The molecule has 0 aliphatic heterocycles. The molecule has 3 rings (SSSR count). The van der Waals surface area contributed by atoms with E-state index in [0.717, 1.165) is 18.9 Å². The lowest BCUT2D eigenvalue weighted by Crippen LogP contribution is -2.21. The second-order valence-electron chi connectivity index (χ2n) is 5.37. The molecule has 1 heterocycles. The minimum absolute atomic E-state index is 0.0434. The zero-order valence-electron chi connectivity index (χ0n) is 12.5. The van der Waals surface area contributed by atoms with Crippen LogP contribution in [0.2, 0.25) is 0 Å². The topological polar surface area (TPSA) is 77.8 Å². The maximum atomic E-state index is 14.0. The molecule has 0 bridgehead atoms. The van der Waals surface area contributed by atoms with Crippen molar-refractivity contribution in [2.75, 3.05) is 20.3 Å². The van der Waals surface area contributed by atoms with E-state index >= 15 is 0 Å². The maximum Gasteiger partial charge on any atom is 0.343 e. The third-order valence-electron chi connectivity index (χ3n) is 3.79. The third-order valence-corrected chi connectivity index (χ3v) is 3.79. The van der Waals surface area contributed by atoms with Gasteiger partial charge in [-0.2, -0.15) is 0 Å². The van der Waals surface area contributed by atoms with E-state index in [1.807, 2.05) is 0 Å². The van der Waals surface area contributed by atoms with E-state index in [-0.39, 0.29) is 36.0 Å². The zero-order chi connectivity index (χ0) is 16.6. The highest BCUT2D eigenvalue weighted by atomic mass is 19.1. The monoisotopic (exact) mass is 321 g/mol. The van der Waals surface area contributed by atoms with Crippen LogP contribution < -0.4 is 10.2 Å². The average molecular weight is 321 g/mol. The first kappa shape index (κ1) is 15.5. The molecule has 1 aliphatic carbocycles. The normalized spacial score (nSPS) is 14.0. The number of carbonyl (C=O) groups excluding carboxylic acids is 1. The maximum absolute atomic E-state index is 14.0. The van der Waals surface area contributed by atoms with Crippen LogP contribution in [-0.4, -0.2) is 36.0 Å². The number of esters is 1. The van der Waals surface area contributed by atoms with Crippen LogP contribution in [0.25, 0.3) is 10.9 Å². The first-order valence-electron chi connectivity index (χ1n) is 7.27. The summed E-state index contributed by atoms with van der Waals surface area (Å²) in [6.45, 7) is -0.529. The van der Waals surface area contributed by atoms with Crippen molar-refractivity contribution in [2.24, 2.45) is 0 Å². The summed E-state index contributed by atoms with van der Waals surface area (Å²) < 4.78 is 25.5. The molecule has 0 spiro atoms. The van der Waals surface area contributed by atoms with Gasteiger partial charge in [-0.05, 0) is 18.9 Å². The summed E-state index contributed by atoms with van der Waals surface area (Å²) in [7, 11) is 1.35. The van der Waals surface area contributed by atoms with Crippen LogP contribution in [0.4, 0.5) is 4.39 Å². The van der Waals surface area contributed by atoms with Gasteiger partial charge in [0.25, 0.3) is 0 Å². The summed E-state index contributed by atoms with van der Waals surface area (Å²) in [5.41, 5.74) is -0.238. The van der Waals surface area contributed by atoms with Gasteiger partial charge < -0.3 is 19.1 Å². The molecule has 1 N–H and O–H groups in total. The van der Waals surface area contributed by atoms with Gasteiger partial charge in [-0.1, -0.05) is 0 Å². The predicted octanol–water partition coefficient (Wildman–Crippen LogP) is 1.63. The molecule has 0 saturated heterocycles. The number of fused-ring (bicyclic) bond motifs is 1. The van der Waals surface area contributed by atoms with Crippen LogP contribution >= 0.6 is 0 Å². The Bertz CT molecular complexity index is 825. The first-order valence-corrected chi connectivity index (χ1v) is 7.27. The Morgan fingerprint density at radius 1 is 1.43 bits per heavy atom. The van der Waals surface area contributed by atoms with Crippen LogP contribution in [0.15, 0.2) is 23.1 Å². The Morgan fingerprint density at radius 3 is 2.78 bits per heavy atom. The molecule has 6 nitrogen and oxygen atoms in total. The number of nitrogens with zero attached hydrogens (tertiary/aromatic N) is 1. The Labute approximate surface area is 131 Å². The Balaban J connectivity index is 2.22. The number of aliphatic hydroxyl groups is 1. The summed E-state index contributed by atoms with van der Waals surface area (Å²) in [5, 5.41) is 8.83. The molecule has 0 radical (unpaired) electrons. The number of halogens is 1. The number of pyridine rings is 1. The molecule has 0 atom stereocenters. The van der Waals surface area contributed by atoms with Crippen molar-refractivity contribution in [2.45, 2.75) is 18.9 Å². The Kier molecular flexibility index (Phi) is 4.04. The van der Waals surface area contributed by atoms with Crippen molar-refractivity contribution in [1.29, 1.82) is 0 Å². The van der Waals surface area contributed by atoms with Crippen molar-refractivity contribution in [3.05, 3.63) is 39.9 Å². The highest BCUT2D eigenvalue weighted by molar-refractivity contribution is 5.94. The number of aromatic nitrogens is 1. The molecule has 1 aliphatic rings. The molecular formula is C16H16FNO5. The third kappa shape index (κ3) is 2.79. The number of methoxy groups -OCH3 is 1. The van der Waals surface area contributed by atoms with Crippen LogP contribution in [0.3, 0.4) is 0 Å². The summed E-state index contributed by atoms with van der Waals surface area (Å²) >= 11 is 0. The van der Waals surface area contributed by atoms with Crippen molar-refractivity contribution < 1.29 is 23.8 Å². The fourth-order valence-corrected chi connectivity index (χ4v) is 2.52. The number of benzene rings is 1. The SMILES string of the molecule is COc1cc2c(cc1F)c(=O)c(C(=O)OCCO)cn2C1CC1. The van der Waals surface area contributed by atoms with E-state index in [1.54, 1.807) is 4.57 Å². The van der Waals surface area contributed by atoms with Crippen molar-refractivity contribution in [3.8, 4) is 5.75 Å². The van der Waals surface area contributed by atoms with Gasteiger partial charge in [0.15, 0.2) is 11.6 Å². The number of hydrogen-bond donors (Lipinski definition) is 1. The number of hydrogen-bond acceptors (Lipinski definition) is 5. The number of rotatable bonds is 5. The van der Waals surface area contributed by atoms with Gasteiger partial charge in [0.1, 0.15) is 12.2 Å². The molecule has 2 aromatic rings. The Hall–Kier alpha value is -2.41. The summed E-state index contributed by atoms with van der Waals surface area (Å²) in [5.74, 6) is -1.45. The lowest BCUT2D eigenvalue weighted by Gasteiger charge is -2.14. The standard InChI is InChI=1S/C16H16FNO5/c1-22-14-7-13-10(6-12(14)17)15(20)11(16(21)23-5-4-19)8-18(13)9-2-3-9/h6-9,19H,2-5H2,1H3. The lowest BCUT2D eigenvalue weighted by molar-refractivity contribution is 0.0431. The highest BCUT2D eigenvalue weighted by Gasteiger charge is 2.27. The minimum atomic E-state index is -0.823. The van der Waals surface area contributed by atoms with E-state index < -0.39 is 17.2 Å². The number of aliphatic hydroxyl groups excluding tert-OH is 1. The Morgan fingerprint density at radius 2 is 2.17 bits per heavy atom. The molecule has 0 unspecified atom stereocenters. The minimum Gasteiger partial charge on any atom is -0.494 e. The molecule has 122 valence electrons. The first-order chi connectivity index (χ1) is 11.1. The zero-order valence-corrected chi connectivity index (χ0v) is 12.5. The van der Waals surface area contributed by atoms with Crippen molar-refractivity contribution in [3.63, 3.8) is 0 Å². The summed E-state index contributed by atoms with van der Waals surface area (Å²) in [4.78, 5) is 24.5. The molecule has 7 heteroatoms. The van der Waals surface area contributed by atoms with Crippen LogP contribution in [0.1, 0.15) is 29.2 Å². The van der Waals surface area contributed by atoms with Gasteiger partial charge in [-0.3, -0.25) is 4.79 Å². The summed E-state index contributed by atoms with van der Waals surface area (Å²) in [6, 6.07) is 2.71. The molecular weight excluding hydrogens is 305 g/mol. The molecule has 0 amide bonds. The van der Waals surface area contributed by atoms with Crippen molar-refractivity contribution in [1.82, 2.24) is 4.57 Å². The fourth-order valence-electron chi connectivity index (χ4n) is 2.52. The van der Waals surface area contributed by atoms with Gasteiger partial charge in [-0.15, -0.1) is 0 Å². The van der Waals surface area contributed by atoms with Crippen LogP contribution in [-0.2, 0) is 4.74 Å². The average Bonchev–Trinajstić information content (AvgIpc) is 3.37. The smallest absolute Gasteiger partial charge is 0.343 e. The molecule has 1 fully saturated rings. The van der Waals surface area contributed by atoms with Gasteiger partial charge in [-0.25, -0.2) is 9.18 Å². The largest absolute Gasteiger partial charge is 0.494 e. The molecule has 1 aromatic heterocycles. The van der Waals surface area contributed by atoms with Gasteiger partial charge in [0.05, 0.1) is 19.2 Å². The quantitative estimate of drug-likeness (QED) is 0.847. The van der Waals surface area contributed by atoms with E-state index in [1.165, 1.54) is 19.4 Å². The van der Waals surface area contributed by atoms with E-state index in [9.17, 15) is 14.0 Å². The van der Waals surface area contributed by atoms with Gasteiger partial charge in [0, 0.05) is 23.7 Å². The fraction of sp³-hybridized carbons (Fsp3) is 0.375. The second-order valence-corrected chi connectivity index (χ2v) is 5.37. The second kappa shape index (κ2) is 6.00. The molecule has 1 aromatic carbocycles. The van der Waals surface area contributed by atoms with Crippen LogP contribution in [0, 0.1) is 5.82 Å². The lowest BCUT2D eigenvalue weighted by atomic mass is 10.1. The number of ether oxygens (including phenoxy) is 2. The predicted molar refractivity (Wildman–Crippen MR) is 80.4 cm³/mol. The summed E-state index contributed by atoms with van der Waals surface area (Å²) in [6.07, 6.45) is 3.28. The van der Waals surface area contributed by atoms with Gasteiger partial charge >= 0.3 is 5.97 Å².